The van der Waals surface area contributed by atoms with E-state index in [4.69, 9.17) is 9.84 Å². The second kappa shape index (κ2) is 10.4. The number of aromatic carboxylic acids is 1. The molecule has 0 spiro atoms. The maximum absolute atomic E-state index is 13.7. The number of carboxylic acids is 1. The van der Waals surface area contributed by atoms with Gasteiger partial charge in [-0.1, -0.05) is 55.5 Å². The highest BCUT2D eigenvalue weighted by atomic mass is 19.1. The van der Waals surface area contributed by atoms with Crippen molar-refractivity contribution in [1.82, 2.24) is 5.32 Å². The summed E-state index contributed by atoms with van der Waals surface area (Å²) in [5.41, 5.74) is 4.22. The van der Waals surface area contributed by atoms with E-state index >= 15 is 0 Å². The van der Waals surface area contributed by atoms with Crippen LogP contribution in [0.2, 0.25) is 0 Å². The molecular formula is C27H25FN2O5. The molecule has 2 amide bonds. The molecule has 0 radical (unpaired) electrons. The van der Waals surface area contributed by atoms with Gasteiger partial charge in [0.05, 0.1) is 11.5 Å². The van der Waals surface area contributed by atoms with E-state index in [-0.39, 0.29) is 30.3 Å². The molecule has 35 heavy (non-hydrogen) atoms. The quantitative estimate of drug-likeness (QED) is 0.423. The number of amides is 2. The number of halogens is 1. The molecule has 0 saturated carbocycles. The molecule has 1 atom stereocenters. The second-order valence-corrected chi connectivity index (χ2v) is 8.33. The van der Waals surface area contributed by atoms with Crippen LogP contribution in [0.15, 0.2) is 66.7 Å². The number of carbonyl (C=O) groups is 3. The number of alkyl carbamates (subject to hydrolysis) is 1. The van der Waals surface area contributed by atoms with Gasteiger partial charge in [0.1, 0.15) is 12.4 Å². The largest absolute Gasteiger partial charge is 0.478 e. The van der Waals surface area contributed by atoms with Gasteiger partial charge in [-0.3, -0.25) is 4.79 Å². The molecule has 8 heteroatoms. The van der Waals surface area contributed by atoms with Crippen molar-refractivity contribution in [2.75, 3.05) is 18.5 Å². The lowest BCUT2D eigenvalue weighted by Crippen LogP contribution is -2.36. The van der Waals surface area contributed by atoms with Crippen molar-refractivity contribution in [1.29, 1.82) is 0 Å². The number of rotatable bonds is 8. The maximum atomic E-state index is 13.7. The molecule has 0 fully saturated rings. The average molecular weight is 477 g/mol. The molecule has 0 bridgehead atoms. The van der Waals surface area contributed by atoms with Gasteiger partial charge in [0.2, 0.25) is 5.91 Å². The number of benzene rings is 3. The van der Waals surface area contributed by atoms with Crippen LogP contribution in [0.25, 0.3) is 11.1 Å². The fourth-order valence-electron chi connectivity index (χ4n) is 4.31. The lowest BCUT2D eigenvalue weighted by atomic mass is 9.98. The lowest BCUT2D eigenvalue weighted by Gasteiger charge is -2.17. The van der Waals surface area contributed by atoms with Crippen molar-refractivity contribution < 1.29 is 28.6 Å². The Morgan fingerprint density at radius 2 is 1.63 bits per heavy atom. The van der Waals surface area contributed by atoms with Crippen LogP contribution in [0.1, 0.15) is 40.7 Å². The predicted molar refractivity (Wildman–Crippen MR) is 129 cm³/mol. The van der Waals surface area contributed by atoms with Gasteiger partial charge in [-0.05, 0) is 46.9 Å². The number of hydrogen-bond donors (Lipinski definition) is 3. The minimum Gasteiger partial charge on any atom is -0.478 e. The third-order valence-corrected chi connectivity index (χ3v) is 6.11. The monoisotopic (exact) mass is 476 g/mol. The maximum Gasteiger partial charge on any atom is 0.407 e. The van der Waals surface area contributed by atoms with Gasteiger partial charge >= 0.3 is 12.1 Å². The van der Waals surface area contributed by atoms with E-state index in [1.54, 1.807) is 6.92 Å². The molecule has 3 aromatic rings. The van der Waals surface area contributed by atoms with Crippen molar-refractivity contribution >= 4 is 23.7 Å². The van der Waals surface area contributed by atoms with Gasteiger partial charge < -0.3 is 20.5 Å². The van der Waals surface area contributed by atoms with Crippen LogP contribution in [-0.4, -0.2) is 36.2 Å². The van der Waals surface area contributed by atoms with Crippen LogP contribution in [0, 0.1) is 11.7 Å². The topological polar surface area (TPSA) is 105 Å². The summed E-state index contributed by atoms with van der Waals surface area (Å²) in [4.78, 5) is 36.1. The smallest absolute Gasteiger partial charge is 0.407 e. The lowest BCUT2D eigenvalue weighted by molar-refractivity contribution is -0.119. The Labute approximate surface area is 201 Å². The van der Waals surface area contributed by atoms with Crippen molar-refractivity contribution in [3.05, 3.63) is 89.2 Å². The number of ether oxygens (including phenoxy) is 1. The fourth-order valence-corrected chi connectivity index (χ4v) is 4.31. The van der Waals surface area contributed by atoms with Gasteiger partial charge in [0, 0.05) is 18.2 Å². The van der Waals surface area contributed by atoms with Gasteiger partial charge in [-0.25, -0.2) is 14.0 Å². The number of nitrogens with one attached hydrogen (secondary N) is 2. The number of hydrogen-bond acceptors (Lipinski definition) is 4. The van der Waals surface area contributed by atoms with E-state index in [0.29, 0.717) is 6.42 Å². The Morgan fingerprint density at radius 1 is 1.00 bits per heavy atom. The molecule has 1 aliphatic carbocycles. The van der Waals surface area contributed by atoms with E-state index in [9.17, 15) is 18.8 Å². The summed E-state index contributed by atoms with van der Waals surface area (Å²) >= 11 is 0. The molecule has 1 unspecified atom stereocenters. The highest BCUT2D eigenvalue weighted by molar-refractivity contribution is 5.95. The normalized spacial score (nSPS) is 12.9. The molecule has 0 heterocycles. The first-order chi connectivity index (χ1) is 16.9. The minimum atomic E-state index is -1.30. The summed E-state index contributed by atoms with van der Waals surface area (Å²) < 4.78 is 19.2. The zero-order valence-electron chi connectivity index (χ0n) is 19.1. The number of anilines is 1. The molecule has 3 aromatic carbocycles. The van der Waals surface area contributed by atoms with E-state index in [2.05, 4.69) is 22.8 Å². The van der Waals surface area contributed by atoms with Gasteiger partial charge in [0.15, 0.2) is 0 Å². The molecule has 0 aliphatic heterocycles. The zero-order chi connectivity index (χ0) is 24.9. The number of fused-ring (bicyclic) bond motifs is 3. The highest BCUT2D eigenvalue weighted by Crippen LogP contribution is 2.44. The molecular weight excluding hydrogens is 451 g/mol. The van der Waals surface area contributed by atoms with Crippen molar-refractivity contribution in [3.63, 3.8) is 0 Å². The molecule has 0 aromatic heterocycles. The SMILES string of the molecule is CCC(CNC(=O)OCC1c2ccccc2-c2ccccc21)C(=O)Nc1cc(F)cc(C(=O)O)c1. The molecule has 3 N–H and O–H groups in total. The van der Waals surface area contributed by atoms with Gasteiger partial charge in [0.25, 0.3) is 0 Å². The van der Waals surface area contributed by atoms with Crippen LogP contribution >= 0.6 is 0 Å². The van der Waals surface area contributed by atoms with Crippen LogP contribution in [0.5, 0.6) is 0 Å². The van der Waals surface area contributed by atoms with Crippen LogP contribution in [-0.2, 0) is 9.53 Å². The molecule has 0 saturated heterocycles. The van der Waals surface area contributed by atoms with Crippen LogP contribution < -0.4 is 10.6 Å². The van der Waals surface area contributed by atoms with Crippen LogP contribution in [0.3, 0.4) is 0 Å². The van der Waals surface area contributed by atoms with Crippen LogP contribution in [0.4, 0.5) is 14.9 Å². The Kier molecular flexibility index (Phi) is 7.10. The second-order valence-electron chi connectivity index (χ2n) is 8.33. The van der Waals surface area contributed by atoms with E-state index in [1.807, 2.05) is 36.4 Å². The predicted octanol–water partition coefficient (Wildman–Crippen LogP) is 5.03. The summed E-state index contributed by atoms with van der Waals surface area (Å²) in [6, 6.07) is 19.1. The van der Waals surface area contributed by atoms with Crippen molar-refractivity contribution in [3.8, 4) is 11.1 Å². The number of carbonyl (C=O) groups excluding carboxylic acids is 2. The van der Waals surface area contributed by atoms with E-state index < -0.39 is 29.7 Å². The van der Waals surface area contributed by atoms with E-state index in [1.165, 1.54) is 6.07 Å². The first kappa shape index (κ1) is 23.9. The third kappa shape index (κ3) is 5.32. The summed E-state index contributed by atoms with van der Waals surface area (Å²) in [5.74, 6) is -3.23. The van der Waals surface area contributed by atoms with Gasteiger partial charge in [-0.15, -0.1) is 0 Å². The van der Waals surface area contributed by atoms with Gasteiger partial charge in [-0.2, -0.15) is 0 Å². The summed E-state index contributed by atoms with van der Waals surface area (Å²) in [6.45, 7) is 1.95. The van der Waals surface area contributed by atoms with Crippen molar-refractivity contribution in [2.24, 2.45) is 5.92 Å². The average Bonchev–Trinajstić information content (AvgIpc) is 3.16. The molecule has 7 nitrogen and oxygen atoms in total. The standard InChI is InChI=1S/C27H25FN2O5/c1-2-16(25(31)30-19-12-17(26(32)33)11-18(28)13-19)14-29-27(34)35-15-24-22-9-5-3-7-20(22)21-8-4-6-10-23(21)24/h3-13,16,24H,2,14-15H2,1H3,(H,29,34)(H,30,31)(H,32,33). The van der Waals surface area contributed by atoms with E-state index in [0.717, 1.165) is 34.4 Å². The highest BCUT2D eigenvalue weighted by Gasteiger charge is 2.29. The zero-order valence-corrected chi connectivity index (χ0v) is 19.1. The Morgan fingerprint density at radius 3 is 2.23 bits per heavy atom. The Hall–Kier alpha value is -4.20. The fraction of sp³-hybridized carbons (Fsp3) is 0.222. The third-order valence-electron chi connectivity index (χ3n) is 6.11. The summed E-state index contributed by atoms with van der Waals surface area (Å²) in [6.07, 6.45) is -0.242. The summed E-state index contributed by atoms with van der Waals surface area (Å²) in [7, 11) is 0. The summed E-state index contributed by atoms with van der Waals surface area (Å²) in [5, 5.41) is 14.2. The van der Waals surface area contributed by atoms with Crippen molar-refractivity contribution in [2.45, 2.75) is 19.3 Å². The molecule has 4 rings (SSSR count). The Bertz CT molecular complexity index is 1230. The first-order valence-corrected chi connectivity index (χ1v) is 11.3. The first-order valence-electron chi connectivity index (χ1n) is 11.3. The number of carboxylic acid groups (broad SMARTS) is 1. The molecule has 1 aliphatic rings. The molecule has 180 valence electrons. The Balaban J connectivity index is 1.33. The minimum absolute atomic E-state index is 0.0140.